The number of nitrogens with one attached hydrogen (secondary N) is 1. The molecule has 2 atom stereocenters. The Balaban J connectivity index is 2.01. The zero-order valence-corrected chi connectivity index (χ0v) is 23.7. The van der Waals surface area contributed by atoms with Gasteiger partial charge in [-0.1, -0.05) is 61.0 Å². The van der Waals surface area contributed by atoms with Crippen molar-refractivity contribution < 1.29 is 18.0 Å². The minimum Gasteiger partial charge on any atom is -0.352 e. The van der Waals surface area contributed by atoms with Gasteiger partial charge < -0.3 is 10.2 Å². The fourth-order valence-electron chi connectivity index (χ4n) is 3.87. The molecule has 9 heteroatoms. The Morgan fingerprint density at radius 2 is 1.61 bits per heavy atom. The second-order valence-electron chi connectivity index (χ2n) is 9.31. The molecule has 3 aromatic carbocycles. The van der Waals surface area contributed by atoms with Crippen LogP contribution in [0.15, 0.2) is 83.8 Å². The summed E-state index contributed by atoms with van der Waals surface area (Å²) in [6, 6.07) is 21.2. The largest absolute Gasteiger partial charge is 0.352 e. The van der Waals surface area contributed by atoms with E-state index in [4.69, 9.17) is 11.6 Å². The number of carbonyl (C=O) groups is 2. The summed E-state index contributed by atoms with van der Waals surface area (Å²) < 4.78 is 28.7. The van der Waals surface area contributed by atoms with Gasteiger partial charge in [-0.3, -0.25) is 13.9 Å². The highest BCUT2D eigenvalue weighted by Gasteiger charge is 2.32. The summed E-state index contributed by atoms with van der Waals surface area (Å²) in [4.78, 5) is 28.3. The molecule has 7 nitrogen and oxygen atoms in total. The van der Waals surface area contributed by atoms with E-state index in [9.17, 15) is 18.0 Å². The van der Waals surface area contributed by atoms with Crippen molar-refractivity contribution in [2.75, 3.05) is 10.8 Å². The predicted molar refractivity (Wildman–Crippen MR) is 152 cm³/mol. The van der Waals surface area contributed by atoms with Crippen LogP contribution in [0.2, 0.25) is 5.02 Å². The summed E-state index contributed by atoms with van der Waals surface area (Å²) in [6.07, 6.45) is 0.742. The summed E-state index contributed by atoms with van der Waals surface area (Å²) in [5.74, 6) is -0.800. The van der Waals surface area contributed by atoms with Crippen molar-refractivity contribution in [2.45, 2.75) is 57.6 Å². The van der Waals surface area contributed by atoms with Crippen LogP contribution in [0.25, 0.3) is 0 Å². The summed E-state index contributed by atoms with van der Waals surface area (Å²) in [5, 5.41) is 3.33. The van der Waals surface area contributed by atoms with Crippen molar-refractivity contribution in [3.63, 3.8) is 0 Å². The van der Waals surface area contributed by atoms with Crippen molar-refractivity contribution >= 4 is 39.1 Å². The molecule has 0 fully saturated rings. The third-order valence-electron chi connectivity index (χ3n) is 6.33. The maximum absolute atomic E-state index is 13.9. The number of anilines is 1. The highest BCUT2D eigenvalue weighted by Crippen LogP contribution is 2.26. The fraction of sp³-hybridized carbons (Fsp3) is 0.310. The zero-order valence-electron chi connectivity index (χ0n) is 22.1. The van der Waals surface area contributed by atoms with E-state index in [1.807, 2.05) is 57.2 Å². The zero-order chi connectivity index (χ0) is 27.9. The second-order valence-corrected chi connectivity index (χ2v) is 11.6. The maximum atomic E-state index is 13.9. The molecule has 3 rings (SSSR count). The Bertz CT molecular complexity index is 1350. The third-order valence-corrected chi connectivity index (χ3v) is 8.37. The standard InChI is InChI=1S/C29H34ClN3O4S/c1-5-22(3)31-29(35)23(4)32(19-24-11-7-6-8-12-24)28(34)20-33(26-13-9-10-21(2)18-26)38(36,37)27-16-14-25(30)15-17-27/h6-18,22-23H,5,19-20H2,1-4H3,(H,31,35)/t22-,23-/m0/s1. The van der Waals surface area contributed by atoms with Crippen molar-refractivity contribution in [3.8, 4) is 0 Å². The number of hydrogen-bond donors (Lipinski definition) is 1. The molecule has 0 aliphatic rings. The molecule has 2 amide bonds. The molecule has 0 aliphatic heterocycles. The summed E-state index contributed by atoms with van der Waals surface area (Å²) >= 11 is 5.99. The molecule has 0 aliphatic carbocycles. The monoisotopic (exact) mass is 555 g/mol. The van der Waals surface area contributed by atoms with Gasteiger partial charge in [0.25, 0.3) is 10.0 Å². The van der Waals surface area contributed by atoms with Crippen LogP contribution >= 0.6 is 11.6 Å². The van der Waals surface area contributed by atoms with Gasteiger partial charge in [-0.2, -0.15) is 0 Å². The molecule has 0 spiro atoms. The summed E-state index contributed by atoms with van der Waals surface area (Å²) in [6.45, 7) is 7.03. The van der Waals surface area contributed by atoms with E-state index >= 15 is 0 Å². The number of carbonyl (C=O) groups excluding carboxylic acids is 2. The number of nitrogens with zero attached hydrogens (tertiary/aromatic N) is 2. The van der Waals surface area contributed by atoms with Crippen molar-refractivity contribution in [1.29, 1.82) is 0 Å². The van der Waals surface area contributed by atoms with E-state index in [0.717, 1.165) is 21.9 Å². The Kier molecular flexibility index (Phi) is 9.94. The van der Waals surface area contributed by atoms with Gasteiger partial charge in [0, 0.05) is 17.6 Å². The Morgan fingerprint density at radius 1 is 0.947 bits per heavy atom. The van der Waals surface area contributed by atoms with E-state index in [1.165, 1.54) is 29.2 Å². The van der Waals surface area contributed by atoms with Gasteiger partial charge in [-0.25, -0.2) is 8.42 Å². The van der Waals surface area contributed by atoms with Gasteiger partial charge in [0.15, 0.2) is 0 Å². The van der Waals surface area contributed by atoms with Gasteiger partial charge >= 0.3 is 0 Å². The third kappa shape index (κ3) is 7.36. The second kappa shape index (κ2) is 12.9. The molecule has 0 saturated heterocycles. The van der Waals surface area contributed by atoms with Gasteiger partial charge in [-0.15, -0.1) is 0 Å². The lowest BCUT2D eigenvalue weighted by Crippen LogP contribution is -2.52. The Morgan fingerprint density at radius 3 is 2.21 bits per heavy atom. The molecule has 0 unspecified atom stereocenters. The highest BCUT2D eigenvalue weighted by molar-refractivity contribution is 7.92. The normalized spacial score (nSPS) is 12.9. The van der Waals surface area contributed by atoms with Crippen LogP contribution in [0.5, 0.6) is 0 Å². The molecule has 0 radical (unpaired) electrons. The van der Waals surface area contributed by atoms with Gasteiger partial charge in [0.2, 0.25) is 11.8 Å². The van der Waals surface area contributed by atoms with E-state index in [1.54, 1.807) is 25.1 Å². The Hall–Kier alpha value is -3.36. The van der Waals surface area contributed by atoms with Crippen molar-refractivity contribution in [1.82, 2.24) is 10.2 Å². The molecule has 0 aromatic heterocycles. The molecule has 0 saturated carbocycles. The molecule has 0 heterocycles. The number of amides is 2. The smallest absolute Gasteiger partial charge is 0.264 e. The molecule has 3 aromatic rings. The fourth-order valence-corrected chi connectivity index (χ4v) is 5.41. The number of halogens is 1. The first-order valence-electron chi connectivity index (χ1n) is 12.5. The van der Waals surface area contributed by atoms with E-state index < -0.39 is 28.5 Å². The average molecular weight is 556 g/mol. The van der Waals surface area contributed by atoms with Crippen LogP contribution in [-0.4, -0.2) is 43.8 Å². The molecule has 0 bridgehead atoms. The number of rotatable bonds is 11. The highest BCUT2D eigenvalue weighted by atomic mass is 35.5. The van der Waals surface area contributed by atoms with E-state index in [-0.39, 0.29) is 23.4 Å². The van der Waals surface area contributed by atoms with Crippen molar-refractivity contribution in [2.24, 2.45) is 0 Å². The van der Waals surface area contributed by atoms with Crippen LogP contribution in [0.1, 0.15) is 38.3 Å². The predicted octanol–water partition coefficient (Wildman–Crippen LogP) is 5.18. The van der Waals surface area contributed by atoms with Crippen molar-refractivity contribution in [3.05, 3.63) is 95.0 Å². The van der Waals surface area contributed by atoms with Crippen LogP contribution < -0.4 is 9.62 Å². The number of aryl methyl sites for hydroxylation is 1. The van der Waals surface area contributed by atoms with Gasteiger partial charge in [-0.05, 0) is 74.7 Å². The van der Waals surface area contributed by atoms with Gasteiger partial charge in [0.1, 0.15) is 12.6 Å². The van der Waals surface area contributed by atoms with E-state index in [0.29, 0.717) is 10.7 Å². The van der Waals surface area contributed by atoms with Crippen LogP contribution in [0.3, 0.4) is 0 Å². The Labute approximate surface area is 230 Å². The van der Waals surface area contributed by atoms with Crippen LogP contribution in [-0.2, 0) is 26.2 Å². The molecule has 202 valence electrons. The topological polar surface area (TPSA) is 86.8 Å². The van der Waals surface area contributed by atoms with Crippen LogP contribution in [0.4, 0.5) is 5.69 Å². The minimum atomic E-state index is -4.13. The summed E-state index contributed by atoms with van der Waals surface area (Å²) in [7, 11) is -4.13. The van der Waals surface area contributed by atoms with E-state index in [2.05, 4.69) is 5.32 Å². The lowest BCUT2D eigenvalue weighted by Gasteiger charge is -2.32. The SMILES string of the molecule is CC[C@H](C)NC(=O)[C@H](C)N(Cc1ccccc1)C(=O)CN(c1cccc(C)c1)S(=O)(=O)c1ccc(Cl)cc1. The first-order chi connectivity index (χ1) is 18.0. The van der Waals surface area contributed by atoms with Gasteiger partial charge in [0.05, 0.1) is 10.6 Å². The average Bonchev–Trinajstić information content (AvgIpc) is 2.90. The van der Waals surface area contributed by atoms with Crippen LogP contribution in [0, 0.1) is 6.92 Å². The minimum absolute atomic E-state index is 0.00776. The maximum Gasteiger partial charge on any atom is 0.264 e. The summed E-state index contributed by atoms with van der Waals surface area (Å²) in [5.41, 5.74) is 2.02. The number of hydrogen-bond acceptors (Lipinski definition) is 4. The first-order valence-corrected chi connectivity index (χ1v) is 14.3. The number of sulfonamides is 1. The first kappa shape index (κ1) is 29.2. The molecule has 38 heavy (non-hydrogen) atoms. The quantitative estimate of drug-likeness (QED) is 0.353. The number of benzene rings is 3. The molecular formula is C29H34ClN3O4S. The molecule has 1 N–H and O–H groups in total. The lowest BCUT2D eigenvalue weighted by atomic mass is 10.1. The lowest BCUT2D eigenvalue weighted by molar-refractivity contribution is -0.139. The molecular weight excluding hydrogens is 522 g/mol.